The number of nitrogens with one attached hydrogen (secondary N) is 2. The van der Waals surface area contributed by atoms with Crippen LogP contribution in [0.15, 0.2) is 20.7 Å². The minimum Gasteiger partial charge on any atom is -0.313 e. The molecular weight excluding hydrogens is 172 g/mol. The molecule has 0 aliphatic carbocycles. The summed E-state index contributed by atoms with van der Waals surface area (Å²) in [6.07, 6.45) is 0.900. The highest BCUT2D eigenvalue weighted by atomic mass is 32.2. The van der Waals surface area contributed by atoms with Crippen molar-refractivity contribution in [1.29, 1.82) is 0 Å². The van der Waals surface area contributed by atoms with E-state index >= 15 is 0 Å². The molecule has 1 aromatic rings. The molecule has 1 rings (SSSR count). The molecule has 1 aromatic heterocycles. The van der Waals surface area contributed by atoms with Gasteiger partial charge in [0.25, 0.3) is 5.56 Å². The van der Waals surface area contributed by atoms with Crippen molar-refractivity contribution >= 4 is 11.1 Å². The summed E-state index contributed by atoms with van der Waals surface area (Å²) in [5.41, 5.74) is -1.56. The van der Waals surface area contributed by atoms with Crippen LogP contribution in [-0.2, 0) is 11.1 Å². The van der Waals surface area contributed by atoms with Gasteiger partial charge in [-0.2, -0.15) is 0 Å². The number of aromatic nitrogens is 2. The number of hydrogen-bond acceptors (Lipinski definition) is 3. The lowest BCUT2D eigenvalue weighted by atomic mass is 10.7. The molecule has 0 bridgehead atoms. The van der Waals surface area contributed by atoms with Crippen LogP contribution in [0.1, 0.15) is 0 Å². The lowest BCUT2D eigenvalue weighted by Gasteiger charge is -1.89. The maximum absolute atomic E-state index is 10.7. The van der Waals surface area contributed by atoms with Crippen molar-refractivity contribution in [2.75, 3.05) is 0 Å². The average Bonchev–Trinajstić information content (AvgIpc) is 1.85. The van der Waals surface area contributed by atoms with E-state index in [9.17, 15) is 13.8 Å². The quantitative estimate of drug-likeness (QED) is 0.460. The summed E-state index contributed by atoms with van der Waals surface area (Å²) >= 11 is -2.36. The fourth-order valence-electron chi connectivity index (χ4n) is 0.527. The van der Waals surface area contributed by atoms with E-state index in [2.05, 4.69) is 4.98 Å². The van der Waals surface area contributed by atoms with Gasteiger partial charge in [0.2, 0.25) is 0 Å². The molecule has 11 heavy (non-hydrogen) atoms. The van der Waals surface area contributed by atoms with E-state index in [4.69, 9.17) is 4.55 Å². The van der Waals surface area contributed by atoms with Crippen molar-refractivity contribution in [3.63, 3.8) is 0 Å². The highest BCUT2D eigenvalue weighted by Gasteiger charge is 2.04. The molecule has 1 unspecified atom stereocenters. The van der Waals surface area contributed by atoms with Gasteiger partial charge in [0, 0.05) is 6.20 Å². The second-order valence-electron chi connectivity index (χ2n) is 1.69. The number of hydrogen-bond donors (Lipinski definition) is 3. The molecule has 6 nitrogen and oxygen atoms in total. The van der Waals surface area contributed by atoms with Crippen molar-refractivity contribution in [3.8, 4) is 0 Å². The van der Waals surface area contributed by atoms with Gasteiger partial charge in [-0.15, -0.1) is 0 Å². The predicted octanol–water partition coefficient (Wildman–Crippen LogP) is -1.36. The second kappa shape index (κ2) is 2.81. The molecule has 60 valence electrons. The van der Waals surface area contributed by atoms with Crippen LogP contribution in [0.25, 0.3) is 0 Å². The maximum atomic E-state index is 10.7. The fourth-order valence-corrected chi connectivity index (χ4v) is 0.897. The van der Waals surface area contributed by atoms with Crippen molar-refractivity contribution in [1.82, 2.24) is 9.97 Å². The largest absolute Gasteiger partial charge is 0.325 e. The monoisotopic (exact) mass is 176 g/mol. The molecular formula is C4H4N2O4S. The highest BCUT2D eigenvalue weighted by molar-refractivity contribution is 7.79. The molecule has 0 spiro atoms. The molecule has 0 aromatic carbocycles. The van der Waals surface area contributed by atoms with Gasteiger partial charge in [0.05, 0.1) is 0 Å². The van der Waals surface area contributed by atoms with E-state index in [0.29, 0.717) is 0 Å². The number of aromatic amines is 2. The van der Waals surface area contributed by atoms with Gasteiger partial charge in [-0.25, -0.2) is 9.00 Å². The third-order valence-corrected chi connectivity index (χ3v) is 1.65. The molecule has 7 heteroatoms. The van der Waals surface area contributed by atoms with Crippen molar-refractivity contribution in [2.45, 2.75) is 4.90 Å². The summed E-state index contributed by atoms with van der Waals surface area (Å²) in [5, 5.41) is 0. The van der Waals surface area contributed by atoms with Gasteiger partial charge in [0.15, 0.2) is 11.1 Å². The summed E-state index contributed by atoms with van der Waals surface area (Å²) in [4.78, 5) is 24.5. The maximum Gasteiger partial charge on any atom is 0.325 e. The van der Waals surface area contributed by atoms with E-state index in [0.717, 1.165) is 6.20 Å². The van der Waals surface area contributed by atoms with E-state index in [1.165, 1.54) is 0 Å². The SMILES string of the molecule is O=c1[nH]cc(S(=O)O)c(=O)[nH]1. The summed E-state index contributed by atoms with van der Waals surface area (Å²) in [6.45, 7) is 0. The molecule has 0 aliphatic rings. The Morgan fingerprint density at radius 2 is 2.09 bits per heavy atom. The van der Waals surface area contributed by atoms with Gasteiger partial charge in [-0.1, -0.05) is 0 Å². The third kappa shape index (κ3) is 1.63. The van der Waals surface area contributed by atoms with Crippen molar-refractivity contribution in [3.05, 3.63) is 27.0 Å². The van der Waals surface area contributed by atoms with Crippen molar-refractivity contribution < 1.29 is 8.76 Å². The third-order valence-electron chi connectivity index (χ3n) is 0.973. The highest BCUT2D eigenvalue weighted by Crippen LogP contribution is 1.88. The summed E-state index contributed by atoms with van der Waals surface area (Å²) in [6, 6.07) is 0. The van der Waals surface area contributed by atoms with Gasteiger partial charge in [-0.05, 0) is 0 Å². The Balaban J connectivity index is 3.43. The second-order valence-corrected chi connectivity index (χ2v) is 2.62. The Morgan fingerprint density at radius 3 is 2.55 bits per heavy atom. The first-order chi connectivity index (χ1) is 5.11. The van der Waals surface area contributed by atoms with E-state index < -0.39 is 22.3 Å². The lowest BCUT2D eigenvalue weighted by Crippen LogP contribution is -2.24. The minimum absolute atomic E-state index is 0.371. The first-order valence-electron chi connectivity index (χ1n) is 2.54. The predicted molar refractivity (Wildman–Crippen MR) is 36.7 cm³/mol. The van der Waals surface area contributed by atoms with Crippen LogP contribution >= 0.6 is 0 Å². The van der Waals surface area contributed by atoms with E-state index in [1.54, 1.807) is 4.98 Å². The summed E-state index contributed by atoms with van der Waals surface area (Å²) in [5.74, 6) is 0. The summed E-state index contributed by atoms with van der Waals surface area (Å²) in [7, 11) is 0. The Labute approximate surface area is 62.6 Å². The number of H-pyrrole nitrogens is 2. The molecule has 0 saturated carbocycles. The Hall–Kier alpha value is -1.21. The van der Waals surface area contributed by atoms with Crippen LogP contribution in [0.2, 0.25) is 0 Å². The zero-order chi connectivity index (χ0) is 8.43. The first kappa shape index (κ1) is 7.89. The Morgan fingerprint density at radius 1 is 1.45 bits per heavy atom. The molecule has 0 saturated heterocycles. The van der Waals surface area contributed by atoms with Crippen LogP contribution in [-0.4, -0.2) is 18.7 Å². The molecule has 0 radical (unpaired) electrons. The Bertz CT molecular complexity index is 392. The molecule has 0 fully saturated rings. The first-order valence-corrected chi connectivity index (χ1v) is 3.65. The van der Waals surface area contributed by atoms with Crippen LogP contribution in [0.4, 0.5) is 0 Å². The molecule has 0 aliphatic heterocycles. The normalized spacial score (nSPS) is 12.8. The average molecular weight is 176 g/mol. The van der Waals surface area contributed by atoms with Gasteiger partial charge < -0.3 is 9.54 Å². The molecule has 1 heterocycles. The van der Waals surface area contributed by atoms with Crippen LogP contribution < -0.4 is 11.2 Å². The smallest absolute Gasteiger partial charge is 0.313 e. The zero-order valence-corrected chi connectivity index (χ0v) is 5.97. The molecule has 1 atom stereocenters. The fraction of sp³-hybridized carbons (Fsp3) is 0. The zero-order valence-electron chi connectivity index (χ0n) is 5.16. The van der Waals surface area contributed by atoms with E-state index in [1.807, 2.05) is 0 Å². The lowest BCUT2D eigenvalue weighted by molar-refractivity contribution is 0.562. The molecule has 0 amide bonds. The van der Waals surface area contributed by atoms with Crippen LogP contribution in [0, 0.1) is 0 Å². The standard InChI is InChI=1S/C4H4N2O4S/c7-3-2(11(9)10)1-5-4(8)6-3/h1H,(H,9,10)(H2,5,6,7,8). The molecule has 3 N–H and O–H groups in total. The van der Waals surface area contributed by atoms with Crippen LogP contribution in [0.5, 0.6) is 0 Å². The van der Waals surface area contributed by atoms with Crippen molar-refractivity contribution in [2.24, 2.45) is 0 Å². The topological polar surface area (TPSA) is 103 Å². The van der Waals surface area contributed by atoms with Gasteiger partial charge in [-0.3, -0.25) is 9.78 Å². The Kier molecular flexibility index (Phi) is 2.01. The van der Waals surface area contributed by atoms with Crippen LogP contribution in [0.3, 0.4) is 0 Å². The summed E-state index contributed by atoms with van der Waals surface area (Å²) < 4.78 is 18.7. The van der Waals surface area contributed by atoms with Gasteiger partial charge >= 0.3 is 5.69 Å². The van der Waals surface area contributed by atoms with Gasteiger partial charge in [0.1, 0.15) is 4.90 Å². The number of rotatable bonds is 1. The van der Waals surface area contributed by atoms with E-state index in [-0.39, 0.29) is 4.90 Å². The minimum atomic E-state index is -2.36.